The van der Waals surface area contributed by atoms with Crippen LogP contribution < -0.4 is 0 Å². The lowest BCUT2D eigenvalue weighted by molar-refractivity contribution is 0.135. The third-order valence-corrected chi connectivity index (χ3v) is 3.73. The average Bonchev–Trinajstić information content (AvgIpc) is 2.28. The van der Waals surface area contributed by atoms with Crippen LogP contribution in [-0.2, 0) is 4.74 Å². The Morgan fingerprint density at radius 3 is 2.76 bits per heavy atom. The highest BCUT2D eigenvalue weighted by atomic mass is 16.5. The van der Waals surface area contributed by atoms with Crippen molar-refractivity contribution in [2.24, 2.45) is 0 Å². The predicted octanol–water partition coefficient (Wildman–Crippen LogP) is 3.41. The molecular weight excluding hydrogens is 212 g/mol. The Kier molecular flexibility index (Phi) is 4.57. The Hall–Kier alpha value is -0.860. The number of ether oxygens (including phenoxy) is 1. The minimum atomic E-state index is -0.332. The second-order valence-corrected chi connectivity index (χ2v) is 4.91. The van der Waals surface area contributed by atoms with Gasteiger partial charge in [0, 0.05) is 13.7 Å². The van der Waals surface area contributed by atoms with Gasteiger partial charge in [0.1, 0.15) is 0 Å². The second-order valence-electron chi connectivity index (χ2n) is 4.91. The largest absolute Gasteiger partial charge is 0.388 e. The van der Waals surface area contributed by atoms with E-state index < -0.39 is 0 Å². The number of aliphatic hydroxyl groups is 1. The van der Waals surface area contributed by atoms with Gasteiger partial charge in [0.15, 0.2) is 0 Å². The van der Waals surface area contributed by atoms with Crippen molar-refractivity contribution in [1.29, 1.82) is 0 Å². The van der Waals surface area contributed by atoms with Gasteiger partial charge in [0.2, 0.25) is 0 Å². The zero-order chi connectivity index (χ0) is 12.1. The highest BCUT2D eigenvalue weighted by molar-refractivity contribution is 5.33. The molecule has 1 aliphatic rings. The monoisotopic (exact) mass is 234 g/mol. The van der Waals surface area contributed by atoms with Gasteiger partial charge in [-0.05, 0) is 42.7 Å². The molecule has 2 heteroatoms. The van der Waals surface area contributed by atoms with Crippen LogP contribution in [0.1, 0.15) is 55.3 Å². The Morgan fingerprint density at radius 2 is 2.12 bits per heavy atom. The van der Waals surface area contributed by atoms with E-state index in [9.17, 15) is 5.11 Å². The Labute approximate surface area is 104 Å². The molecule has 1 saturated carbocycles. The molecule has 0 heterocycles. The number of aliphatic hydroxyl groups excluding tert-OH is 1. The van der Waals surface area contributed by atoms with Gasteiger partial charge < -0.3 is 9.84 Å². The molecule has 1 fully saturated rings. The van der Waals surface area contributed by atoms with E-state index in [0.717, 1.165) is 25.0 Å². The molecule has 17 heavy (non-hydrogen) atoms. The van der Waals surface area contributed by atoms with Gasteiger partial charge in [0.05, 0.1) is 6.10 Å². The maximum Gasteiger partial charge on any atom is 0.0793 e. The van der Waals surface area contributed by atoms with E-state index in [-0.39, 0.29) is 6.10 Å². The van der Waals surface area contributed by atoms with Gasteiger partial charge in [-0.3, -0.25) is 0 Å². The van der Waals surface area contributed by atoms with E-state index in [1.165, 1.54) is 24.8 Å². The van der Waals surface area contributed by atoms with Crippen molar-refractivity contribution in [2.75, 3.05) is 13.7 Å². The summed E-state index contributed by atoms with van der Waals surface area (Å²) in [7, 11) is 1.70. The summed E-state index contributed by atoms with van der Waals surface area (Å²) >= 11 is 0. The summed E-state index contributed by atoms with van der Waals surface area (Å²) in [6.45, 7) is 0.725. The topological polar surface area (TPSA) is 29.5 Å². The summed E-state index contributed by atoms with van der Waals surface area (Å²) in [4.78, 5) is 0. The molecule has 1 aromatic carbocycles. The van der Waals surface area contributed by atoms with E-state index in [4.69, 9.17) is 4.74 Å². The molecular formula is C15H22O2. The van der Waals surface area contributed by atoms with Crippen molar-refractivity contribution in [3.05, 3.63) is 35.4 Å². The summed E-state index contributed by atoms with van der Waals surface area (Å²) in [5.74, 6) is 0.684. The minimum Gasteiger partial charge on any atom is -0.388 e. The van der Waals surface area contributed by atoms with Gasteiger partial charge in [-0.1, -0.05) is 30.7 Å². The van der Waals surface area contributed by atoms with E-state index in [1.807, 2.05) is 6.07 Å². The molecule has 1 unspecified atom stereocenters. The SMILES string of the molecule is COCCCC(O)c1ccccc1C1CCC1. The molecule has 94 valence electrons. The first-order chi connectivity index (χ1) is 8.33. The van der Waals surface area contributed by atoms with Crippen LogP contribution >= 0.6 is 0 Å². The summed E-state index contributed by atoms with van der Waals surface area (Å²) in [5, 5.41) is 10.2. The molecule has 2 rings (SSSR count). The lowest BCUT2D eigenvalue weighted by Gasteiger charge is -2.29. The van der Waals surface area contributed by atoms with Crippen LogP contribution in [0.3, 0.4) is 0 Å². The number of rotatable bonds is 6. The first kappa shape index (κ1) is 12.6. The van der Waals surface area contributed by atoms with Gasteiger partial charge in [0.25, 0.3) is 0 Å². The predicted molar refractivity (Wildman–Crippen MR) is 69.1 cm³/mol. The van der Waals surface area contributed by atoms with Crippen molar-refractivity contribution < 1.29 is 9.84 Å². The molecule has 2 nitrogen and oxygen atoms in total. The van der Waals surface area contributed by atoms with Gasteiger partial charge in [-0.15, -0.1) is 0 Å². The second kappa shape index (κ2) is 6.18. The normalized spacial score (nSPS) is 17.8. The molecule has 1 aromatic rings. The molecule has 0 amide bonds. The fraction of sp³-hybridized carbons (Fsp3) is 0.600. The molecule has 0 aliphatic heterocycles. The third kappa shape index (κ3) is 3.08. The Bertz CT molecular complexity index is 345. The van der Waals surface area contributed by atoms with Crippen LogP contribution in [0.2, 0.25) is 0 Å². The standard InChI is InChI=1S/C15H22O2/c1-17-11-5-10-15(16)14-9-3-2-8-13(14)12-6-4-7-12/h2-3,8-9,12,15-16H,4-7,10-11H2,1H3. The number of benzene rings is 1. The zero-order valence-electron chi connectivity index (χ0n) is 10.6. The third-order valence-electron chi connectivity index (χ3n) is 3.73. The lowest BCUT2D eigenvalue weighted by atomic mass is 9.77. The maximum absolute atomic E-state index is 10.2. The quantitative estimate of drug-likeness (QED) is 0.764. The fourth-order valence-electron chi connectivity index (χ4n) is 2.48. The smallest absolute Gasteiger partial charge is 0.0793 e. The molecule has 0 saturated heterocycles. The van der Waals surface area contributed by atoms with E-state index >= 15 is 0 Å². The van der Waals surface area contributed by atoms with Crippen molar-refractivity contribution >= 4 is 0 Å². The van der Waals surface area contributed by atoms with Crippen LogP contribution in [0.4, 0.5) is 0 Å². The number of hydrogen-bond donors (Lipinski definition) is 1. The molecule has 1 aliphatic carbocycles. The van der Waals surface area contributed by atoms with Gasteiger partial charge >= 0.3 is 0 Å². The molecule has 0 bridgehead atoms. The van der Waals surface area contributed by atoms with E-state index in [1.54, 1.807) is 7.11 Å². The summed E-state index contributed by atoms with van der Waals surface area (Å²) < 4.78 is 5.03. The van der Waals surface area contributed by atoms with Crippen molar-refractivity contribution in [2.45, 2.75) is 44.1 Å². The average molecular weight is 234 g/mol. The summed E-state index contributed by atoms with van der Waals surface area (Å²) in [6.07, 6.45) is 5.26. The van der Waals surface area contributed by atoms with Gasteiger partial charge in [-0.2, -0.15) is 0 Å². The van der Waals surface area contributed by atoms with Crippen LogP contribution in [-0.4, -0.2) is 18.8 Å². The minimum absolute atomic E-state index is 0.332. The maximum atomic E-state index is 10.2. The summed E-state index contributed by atoms with van der Waals surface area (Å²) in [5.41, 5.74) is 2.50. The van der Waals surface area contributed by atoms with Crippen LogP contribution in [0.5, 0.6) is 0 Å². The molecule has 0 aromatic heterocycles. The molecule has 0 spiro atoms. The van der Waals surface area contributed by atoms with Crippen LogP contribution in [0, 0.1) is 0 Å². The fourth-order valence-corrected chi connectivity index (χ4v) is 2.48. The summed E-state index contributed by atoms with van der Waals surface area (Å²) in [6, 6.07) is 8.36. The van der Waals surface area contributed by atoms with E-state index in [0.29, 0.717) is 5.92 Å². The van der Waals surface area contributed by atoms with Crippen LogP contribution in [0.15, 0.2) is 24.3 Å². The van der Waals surface area contributed by atoms with E-state index in [2.05, 4.69) is 18.2 Å². The Balaban J connectivity index is 2.02. The first-order valence-corrected chi connectivity index (χ1v) is 6.58. The number of methoxy groups -OCH3 is 1. The van der Waals surface area contributed by atoms with Crippen molar-refractivity contribution in [1.82, 2.24) is 0 Å². The molecule has 0 radical (unpaired) electrons. The lowest BCUT2D eigenvalue weighted by Crippen LogP contribution is -2.13. The first-order valence-electron chi connectivity index (χ1n) is 6.58. The molecule has 1 atom stereocenters. The zero-order valence-corrected chi connectivity index (χ0v) is 10.6. The van der Waals surface area contributed by atoms with Crippen molar-refractivity contribution in [3.63, 3.8) is 0 Å². The highest BCUT2D eigenvalue weighted by Gasteiger charge is 2.23. The van der Waals surface area contributed by atoms with Gasteiger partial charge in [-0.25, -0.2) is 0 Å². The van der Waals surface area contributed by atoms with Crippen LogP contribution in [0.25, 0.3) is 0 Å². The highest BCUT2D eigenvalue weighted by Crippen LogP contribution is 2.39. The Morgan fingerprint density at radius 1 is 1.35 bits per heavy atom. The number of hydrogen-bond acceptors (Lipinski definition) is 2. The molecule has 1 N–H and O–H groups in total. The van der Waals surface area contributed by atoms with Crippen molar-refractivity contribution in [3.8, 4) is 0 Å².